The van der Waals surface area contributed by atoms with Crippen LogP contribution in [0.1, 0.15) is 47.0 Å². The Morgan fingerprint density at radius 1 is 1.22 bits per heavy atom. The lowest BCUT2D eigenvalue weighted by Crippen LogP contribution is -2.30. The molecule has 0 amide bonds. The van der Waals surface area contributed by atoms with Crippen molar-refractivity contribution in [1.82, 2.24) is 5.32 Å². The van der Waals surface area contributed by atoms with Gasteiger partial charge in [-0.05, 0) is 26.2 Å². The van der Waals surface area contributed by atoms with Gasteiger partial charge in [0.1, 0.15) is 6.61 Å². The molecule has 108 valence electrons. The Balaban J connectivity index is 3.29. The van der Waals surface area contributed by atoms with E-state index >= 15 is 0 Å². The lowest BCUT2D eigenvalue weighted by atomic mass is 10.0. The highest BCUT2D eigenvalue weighted by Gasteiger charge is 2.03. The molecule has 0 aliphatic heterocycles. The largest absolute Gasteiger partial charge is 0.464 e. The number of esters is 1. The van der Waals surface area contributed by atoms with E-state index in [1.54, 1.807) is 6.92 Å². The zero-order chi connectivity index (χ0) is 13.8. The molecule has 18 heavy (non-hydrogen) atoms. The van der Waals surface area contributed by atoms with E-state index in [9.17, 15) is 4.79 Å². The van der Waals surface area contributed by atoms with Crippen LogP contribution in [0.15, 0.2) is 0 Å². The zero-order valence-corrected chi connectivity index (χ0v) is 12.3. The fraction of sp³-hybridized carbons (Fsp3) is 0.929. The van der Waals surface area contributed by atoms with Crippen LogP contribution < -0.4 is 5.32 Å². The predicted molar refractivity (Wildman–Crippen MR) is 73.6 cm³/mol. The Hall–Kier alpha value is -0.610. The number of nitrogens with one attached hydrogen (secondary N) is 1. The van der Waals surface area contributed by atoms with E-state index in [0.717, 1.165) is 12.5 Å². The van der Waals surface area contributed by atoms with Gasteiger partial charge >= 0.3 is 5.97 Å². The van der Waals surface area contributed by atoms with Crippen molar-refractivity contribution in [3.8, 4) is 0 Å². The molecular weight excluding hydrogens is 230 g/mol. The van der Waals surface area contributed by atoms with Gasteiger partial charge in [0.2, 0.25) is 0 Å². The Kier molecular flexibility index (Phi) is 11.1. The molecule has 0 fully saturated rings. The Morgan fingerprint density at radius 3 is 2.56 bits per heavy atom. The van der Waals surface area contributed by atoms with Gasteiger partial charge in [-0.2, -0.15) is 0 Å². The van der Waals surface area contributed by atoms with Crippen molar-refractivity contribution in [2.24, 2.45) is 5.92 Å². The molecule has 0 bridgehead atoms. The molecule has 0 aromatic carbocycles. The molecule has 0 rings (SSSR count). The summed E-state index contributed by atoms with van der Waals surface area (Å²) in [6.45, 7) is 10.3. The summed E-state index contributed by atoms with van der Waals surface area (Å²) in [4.78, 5) is 11.0. The summed E-state index contributed by atoms with van der Waals surface area (Å²) in [5.41, 5.74) is 0. The monoisotopic (exact) mass is 259 g/mol. The van der Waals surface area contributed by atoms with Gasteiger partial charge in [-0.3, -0.25) is 0 Å². The lowest BCUT2D eigenvalue weighted by Gasteiger charge is -2.14. The first kappa shape index (κ1) is 17.4. The first-order valence-corrected chi connectivity index (χ1v) is 7.03. The van der Waals surface area contributed by atoms with E-state index in [-0.39, 0.29) is 12.6 Å². The Bertz CT molecular complexity index is 207. The molecule has 1 unspecified atom stereocenters. The zero-order valence-electron chi connectivity index (χ0n) is 12.3. The summed E-state index contributed by atoms with van der Waals surface area (Å²) in [7, 11) is 0. The molecule has 0 spiro atoms. The minimum absolute atomic E-state index is 0.0528. The summed E-state index contributed by atoms with van der Waals surface area (Å²) in [5.74, 6) is 0.493. The van der Waals surface area contributed by atoms with Gasteiger partial charge in [0, 0.05) is 12.6 Å². The Labute approximate surface area is 111 Å². The molecule has 0 aromatic rings. The number of ether oxygens (including phenoxy) is 2. The van der Waals surface area contributed by atoms with Crippen LogP contribution in [-0.4, -0.2) is 38.4 Å². The third kappa shape index (κ3) is 11.9. The molecule has 0 aliphatic carbocycles. The van der Waals surface area contributed by atoms with Crippen LogP contribution >= 0.6 is 0 Å². The minimum atomic E-state index is -0.289. The quantitative estimate of drug-likeness (QED) is 0.457. The number of hydrogen-bond acceptors (Lipinski definition) is 4. The highest BCUT2D eigenvalue weighted by Crippen LogP contribution is 2.07. The highest BCUT2D eigenvalue weighted by molar-refractivity contribution is 5.70. The third-order valence-electron chi connectivity index (χ3n) is 2.68. The highest BCUT2D eigenvalue weighted by atomic mass is 16.6. The van der Waals surface area contributed by atoms with Crippen LogP contribution in [0.4, 0.5) is 0 Å². The van der Waals surface area contributed by atoms with Gasteiger partial charge in [-0.25, -0.2) is 4.79 Å². The van der Waals surface area contributed by atoms with E-state index in [2.05, 4.69) is 26.1 Å². The summed E-state index contributed by atoms with van der Waals surface area (Å²) in [6, 6.07) is 0.509. The van der Waals surface area contributed by atoms with Gasteiger partial charge in [0.15, 0.2) is 0 Å². The first-order valence-electron chi connectivity index (χ1n) is 7.03. The van der Waals surface area contributed by atoms with Crippen LogP contribution in [0.5, 0.6) is 0 Å². The molecular formula is C14H29NO3. The molecule has 0 saturated heterocycles. The number of carbonyl (C=O) groups is 1. The maximum Gasteiger partial charge on any atom is 0.332 e. The first-order chi connectivity index (χ1) is 8.56. The van der Waals surface area contributed by atoms with Crippen LogP contribution in [0.25, 0.3) is 0 Å². The number of carbonyl (C=O) groups excluding carboxylic acids is 1. The summed E-state index contributed by atoms with van der Waals surface area (Å²) < 4.78 is 9.96. The molecule has 1 atom stereocenters. The SMILES string of the molecule is CCOC(=O)COCCNC(C)CCCC(C)C. The minimum Gasteiger partial charge on any atom is -0.464 e. The van der Waals surface area contributed by atoms with Crippen molar-refractivity contribution in [1.29, 1.82) is 0 Å². The second-order valence-electron chi connectivity index (χ2n) is 5.04. The van der Waals surface area contributed by atoms with Gasteiger partial charge in [-0.1, -0.05) is 26.7 Å². The van der Waals surface area contributed by atoms with Gasteiger partial charge < -0.3 is 14.8 Å². The van der Waals surface area contributed by atoms with E-state index in [1.165, 1.54) is 19.3 Å². The maximum atomic E-state index is 11.0. The number of rotatable bonds is 11. The average molecular weight is 259 g/mol. The van der Waals surface area contributed by atoms with Crippen molar-refractivity contribution < 1.29 is 14.3 Å². The summed E-state index contributed by atoms with van der Waals surface area (Å²) >= 11 is 0. The maximum absolute atomic E-state index is 11.0. The van der Waals surface area contributed by atoms with Crippen molar-refractivity contribution in [2.75, 3.05) is 26.4 Å². The fourth-order valence-corrected chi connectivity index (χ4v) is 1.67. The van der Waals surface area contributed by atoms with E-state index in [4.69, 9.17) is 9.47 Å². The lowest BCUT2D eigenvalue weighted by molar-refractivity contribution is -0.148. The third-order valence-corrected chi connectivity index (χ3v) is 2.68. The standard InChI is InChI=1S/C14H29NO3/c1-5-18-14(16)11-17-10-9-15-13(4)8-6-7-12(2)3/h12-13,15H,5-11H2,1-4H3. The second-order valence-corrected chi connectivity index (χ2v) is 5.04. The van der Waals surface area contributed by atoms with E-state index in [1.807, 2.05) is 0 Å². The van der Waals surface area contributed by atoms with E-state index in [0.29, 0.717) is 19.3 Å². The average Bonchev–Trinajstić information content (AvgIpc) is 2.28. The molecule has 0 aliphatic rings. The molecule has 0 aromatic heterocycles. The Morgan fingerprint density at radius 2 is 1.94 bits per heavy atom. The topological polar surface area (TPSA) is 47.6 Å². The second kappa shape index (κ2) is 11.5. The van der Waals surface area contributed by atoms with Crippen LogP contribution in [0.2, 0.25) is 0 Å². The smallest absolute Gasteiger partial charge is 0.332 e. The van der Waals surface area contributed by atoms with Crippen molar-refractivity contribution in [3.05, 3.63) is 0 Å². The van der Waals surface area contributed by atoms with E-state index < -0.39 is 0 Å². The summed E-state index contributed by atoms with van der Waals surface area (Å²) in [6.07, 6.45) is 3.73. The van der Waals surface area contributed by atoms with Crippen molar-refractivity contribution in [3.63, 3.8) is 0 Å². The van der Waals surface area contributed by atoms with Crippen LogP contribution in [0, 0.1) is 5.92 Å². The van der Waals surface area contributed by atoms with Gasteiger partial charge in [0.25, 0.3) is 0 Å². The molecule has 1 N–H and O–H groups in total. The fourth-order valence-electron chi connectivity index (χ4n) is 1.67. The van der Waals surface area contributed by atoms with Gasteiger partial charge in [0.05, 0.1) is 13.2 Å². The molecule has 4 nitrogen and oxygen atoms in total. The van der Waals surface area contributed by atoms with Crippen LogP contribution in [-0.2, 0) is 14.3 Å². The van der Waals surface area contributed by atoms with Crippen molar-refractivity contribution >= 4 is 5.97 Å². The van der Waals surface area contributed by atoms with Crippen molar-refractivity contribution in [2.45, 2.75) is 53.0 Å². The van der Waals surface area contributed by atoms with Crippen LogP contribution in [0.3, 0.4) is 0 Å². The predicted octanol–water partition coefficient (Wildman–Crippen LogP) is 2.37. The van der Waals surface area contributed by atoms with Gasteiger partial charge in [-0.15, -0.1) is 0 Å². The molecule has 0 heterocycles. The normalized spacial score (nSPS) is 12.7. The molecule has 4 heteroatoms. The summed E-state index contributed by atoms with van der Waals surface area (Å²) in [5, 5.41) is 3.38. The molecule has 0 radical (unpaired) electrons. The molecule has 0 saturated carbocycles. The number of hydrogen-bond donors (Lipinski definition) is 1.